The number of rotatable bonds is 5. The van der Waals surface area contributed by atoms with Crippen LogP contribution in [0, 0.1) is 0 Å². The van der Waals surface area contributed by atoms with Gasteiger partial charge in [0.2, 0.25) is 5.75 Å². The molecule has 0 saturated heterocycles. The van der Waals surface area contributed by atoms with Gasteiger partial charge in [-0.2, -0.15) is 0 Å². The van der Waals surface area contributed by atoms with Crippen LogP contribution in [-0.4, -0.2) is 37.3 Å². The van der Waals surface area contributed by atoms with E-state index in [2.05, 4.69) is 15.6 Å². The van der Waals surface area contributed by atoms with Crippen LogP contribution in [0.1, 0.15) is 10.4 Å². The van der Waals surface area contributed by atoms with E-state index in [0.29, 0.717) is 28.5 Å². The number of carbonyl (C=O) groups excluding carboxylic acids is 1. The van der Waals surface area contributed by atoms with Crippen LogP contribution in [0.4, 0.5) is 5.69 Å². The molecule has 1 amide bonds. The number of anilines is 1. The molecule has 0 aliphatic rings. The molecule has 0 unspecified atom stereocenters. The number of aromatic nitrogens is 1. The van der Waals surface area contributed by atoms with Crippen LogP contribution >= 0.6 is 12.2 Å². The van der Waals surface area contributed by atoms with Crippen molar-refractivity contribution < 1.29 is 19.0 Å². The Morgan fingerprint density at radius 2 is 1.68 bits per heavy atom. The Labute approximate surface area is 167 Å². The van der Waals surface area contributed by atoms with E-state index in [9.17, 15) is 4.79 Å². The standard InChI is InChI=1S/C20H19N3O4S/c1-25-15-10-13(11-16(26-2)18(15)27-3)19(24)23-20(28)22-14-8-4-6-12-7-5-9-21-17(12)14/h4-11H,1-3H3,(H2,22,23,24,28). The molecule has 0 saturated carbocycles. The van der Waals surface area contributed by atoms with E-state index in [-0.39, 0.29) is 5.11 Å². The highest BCUT2D eigenvalue weighted by Gasteiger charge is 2.18. The SMILES string of the molecule is COc1cc(C(=O)NC(=S)Nc2cccc3cccnc23)cc(OC)c1OC. The molecule has 28 heavy (non-hydrogen) atoms. The van der Waals surface area contributed by atoms with Gasteiger partial charge in [-0.15, -0.1) is 0 Å². The van der Waals surface area contributed by atoms with E-state index < -0.39 is 5.91 Å². The number of nitrogens with one attached hydrogen (secondary N) is 2. The van der Waals surface area contributed by atoms with Crippen LogP contribution < -0.4 is 24.8 Å². The predicted molar refractivity (Wildman–Crippen MR) is 112 cm³/mol. The molecular formula is C20H19N3O4S. The molecule has 0 fully saturated rings. The first-order valence-electron chi connectivity index (χ1n) is 8.33. The lowest BCUT2D eigenvalue weighted by molar-refractivity contribution is 0.0977. The van der Waals surface area contributed by atoms with Gasteiger partial charge in [0, 0.05) is 17.1 Å². The second-order valence-corrected chi connectivity index (χ2v) is 6.11. The van der Waals surface area contributed by atoms with Crippen molar-refractivity contribution in [2.24, 2.45) is 0 Å². The van der Waals surface area contributed by atoms with Crippen molar-refractivity contribution in [3.63, 3.8) is 0 Å². The Morgan fingerprint density at radius 3 is 2.32 bits per heavy atom. The Hall–Kier alpha value is -3.39. The molecular weight excluding hydrogens is 378 g/mol. The fourth-order valence-electron chi connectivity index (χ4n) is 2.75. The average Bonchev–Trinajstić information content (AvgIpc) is 2.72. The van der Waals surface area contributed by atoms with Crippen LogP contribution in [0.2, 0.25) is 0 Å². The largest absolute Gasteiger partial charge is 0.493 e. The number of para-hydroxylation sites is 1. The summed E-state index contributed by atoms with van der Waals surface area (Å²) in [5.41, 5.74) is 1.78. The Balaban J connectivity index is 1.80. The number of fused-ring (bicyclic) bond motifs is 1. The maximum atomic E-state index is 12.6. The number of methoxy groups -OCH3 is 3. The molecule has 0 spiro atoms. The van der Waals surface area contributed by atoms with Crippen LogP contribution in [0.15, 0.2) is 48.7 Å². The van der Waals surface area contributed by atoms with E-state index >= 15 is 0 Å². The summed E-state index contributed by atoms with van der Waals surface area (Å²) >= 11 is 5.29. The summed E-state index contributed by atoms with van der Waals surface area (Å²) in [6, 6.07) is 12.6. The highest BCUT2D eigenvalue weighted by atomic mass is 32.1. The van der Waals surface area contributed by atoms with Crippen molar-refractivity contribution in [3.8, 4) is 17.2 Å². The van der Waals surface area contributed by atoms with Gasteiger partial charge in [-0.05, 0) is 36.5 Å². The first-order valence-corrected chi connectivity index (χ1v) is 8.74. The van der Waals surface area contributed by atoms with Crippen LogP contribution in [0.5, 0.6) is 17.2 Å². The Morgan fingerprint density at radius 1 is 1.00 bits per heavy atom. The number of amides is 1. The molecule has 0 aliphatic carbocycles. The van der Waals surface area contributed by atoms with Gasteiger partial charge in [0.15, 0.2) is 16.6 Å². The van der Waals surface area contributed by atoms with Crippen LogP contribution in [-0.2, 0) is 0 Å². The maximum Gasteiger partial charge on any atom is 0.257 e. The van der Waals surface area contributed by atoms with Gasteiger partial charge in [-0.1, -0.05) is 18.2 Å². The normalized spacial score (nSPS) is 10.2. The van der Waals surface area contributed by atoms with Crippen LogP contribution in [0.3, 0.4) is 0 Å². The van der Waals surface area contributed by atoms with Crippen molar-refractivity contribution >= 4 is 39.8 Å². The van der Waals surface area contributed by atoms with Gasteiger partial charge in [0.05, 0.1) is 32.5 Å². The number of benzene rings is 2. The minimum absolute atomic E-state index is 0.150. The minimum Gasteiger partial charge on any atom is -0.493 e. The number of ether oxygens (including phenoxy) is 3. The number of hydrogen-bond donors (Lipinski definition) is 2. The summed E-state index contributed by atoms with van der Waals surface area (Å²) in [7, 11) is 4.47. The summed E-state index contributed by atoms with van der Waals surface area (Å²) in [6.45, 7) is 0. The molecule has 3 rings (SSSR count). The Kier molecular flexibility index (Phi) is 5.90. The average molecular weight is 397 g/mol. The summed E-state index contributed by atoms with van der Waals surface area (Å²) in [4.78, 5) is 17.0. The molecule has 1 heterocycles. The van der Waals surface area contributed by atoms with Crippen molar-refractivity contribution in [2.45, 2.75) is 0 Å². The first-order chi connectivity index (χ1) is 13.6. The fourth-order valence-corrected chi connectivity index (χ4v) is 2.95. The summed E-state index contributed by atoms with van der Waals surface area (Å²) in [5, 5.41) is 6.78. The molecule has 8 heteroatoms. The zero-order valence-corrected chi connectivity index (χ0v) is 16.4. The van der Waals surface area contributed by atoms with Crippen molar-refractivity contribution in [1.82, 2.24) is 10.3 Å². The highest BCUT2D eigenvalue weighted by molar-refractivity contribution is 7.80. The fraction of sp³-hybridized carbons (Fsp3) is 0.150. The van der Waals surface area contributed by atoms with Gasteiger partial charge in [-0.25, -0.2) is 0 Å². The second kappa shape index (κ2) is 8.53. The third kappa shape index (κ3) is 3.96. The highest BCUT2D eigenvalue weighted by Crippen LogP contribution is 2.38. The molecule has 3 aromatic rings. The summed E-state index contributed by atoms with van der Waals surface area (Å²) < 4.78 is 15.8. The Bertz CT molecular complexity index is 1010. The third-order valence-corrected chi connectivity index (χ3v) is 4.24. The molecule has 2 N–H and O–H groups in total. The number of hydrogen-bond acceptors (Lipinski definition) is 6. The number of thiocarbonyl (C=S) groups is 1. The molecule has 0 aliphatic heterocycles. The lowest BCUT2D eigenvalue weighted by Gasteiger charge is -2.15. The zero-order chi connectivity index (χ0) is 20.1. The summed E-state index contributed by atoms with van der Waals surface area (Å²) in [5.74, 6) is 0.752. The van der Waals surface area contributed by atoms with Crippen molar-refractivity contribution in [3.05, 3.63) is 54.2 Å². The van der Waals surface area contributed by atoms with Gasteiger partial charge >= 0.3 is 0 Å². The second-order valence-electron chi connectivity index (χ2n) is 5.70. The van der Waals surface area contributed by atoms with E-state index in [0.717, 1.165) is 10.9 Å². The number of nitrogens with zero attached hydrogens (tertiary/aromatic N) is 1. The van der Waals surface area contributed by atoms with Gasteiger partial charge in [-0.3, -0.25) is 15.1 Å². The molecule has 2 aromatic carbocycles. The molecule has 0 atom stereocenters. The molecule has 7 nitrogen and oxygen atoms in total. The van der Waals surface area contributed by atoms with Gasteiger partial charge in [0.25, 0.3) is 5.91 Å². The maximum absolute atomic E-state index is 12.6. The van der Waals surface area contributed by atoms with E-state index in [4.69, 9.17) is 26.4 Å². The quantitative estimate of drug-likeness (QED) is 0.639. The lowest BCUT2D eigenvalue weighted by Crippen LogP contribution is -2.34. The van der Waals surface area contributed by atoms with E-state index in [1.54, 1.807) is 18.3 Å². The topological polar surface area (TPSA) is 81.7 Å². The van der Waals surface area contributed by atoms with Crippen LogP contribution in [0.25, 0.3) is 10.9 Å². The smallest absolute Gasteiger partial charge is 0.257 e. The molecule has 0 radical (unpaired) electrons. The van der Waals surface area contributed by atoms with Gasteiger partial charge in [0.1, 0.15) is 0 Å². The molecule has 1 aromatic heterocycles. The van der Waals surface area contributed by atoms with E-state index in [1.807, 2.05) is 30.3 Å². The lowest BCUT2D eigenvalue weighted by atomic mass is 10.1. The predicted octanol–water partition coefficient (Wildman–Crippen LogP) is 3.39. The van der Waals surface area contributed by atoms with E-state index in [1.165, 1.54) is 21.3 Å². The monoisotopic (exact) mass is 397 g/mol. The number of carbonyl (C=O) groups is 1. The minimum atomic E-state index is -0.412. The first kappa shape index (κ1) is 19.4. The van der Waals surface area contributed by atoms with Crippen molar-refractivity contribution in [2.75, 3.05) is 26.6 Å². The van der Waals surface area contributed by atoms with Crippen molar-refractivity contribution in [1.29, 1.82) is 0 Å². The number of pyridine rings is 1. The molecule has 144 valence electrons. The zero-order valence-electron chi connectivity index (χ0n) is 15.6. The molecule has 0 bridgehead atoms. The summed E-state index contributed by atoms with van der Waals surface area (Å²) in [6.07, 6.45) is 1.70. The van der Waals surface area contributed by atoms with Gasteiger partial charge < -0.3 is 19.5 Å². The third-order valence-electron chi connectivity index (χ3n) is 4.03.